The SMILES string of the molecule is O=C(Cc1ccc([N+](=O)[O-])cc1)N/N=C1\C[C@H]2C=CC[C@H]12. The van der Waals surface area contributed by atoms with E-state index in [9.17, 15) is 14.9 Å². The van der Waals surface area contributed by atoms with Gasteiger partial charge in [0.05, 0.1) is 11.3 Å². The minimum absolute atomic E-state index is 0.0219. The largest absolute Gasteiger partial charge is 0.273 e. The lowest BCUT2D eigenvalue weighted by molar-refractivity contribution is -0.384. The van der Waals surface area contributed by atoms with Crippen LogP contribution in [0.5, 0.6) is 0 Å². The Morgan fingerprint density at radius 1 is 1.38 bits per heavy atom. The second kappa shape index (κ2) is 5.47. The Morgan fingerprint density at radius 3 is 2.81 bits per heavy atom. The molecule has 0 unspecified atom stereocenters. The minimum Gasteiger partial charge on any atom is -0.273 e. The highest BCUT2D eigenvalue weighted by Gasteiger charge is 2.37. The quantitative estimate of drug-likeness (QED) is 0.523. The standard InChI is InChI=1S/C15H15N3O3/c19-15(8-10-4-6-12(7-5-10)18(20)21)17-16-14-9-11-2-1-3-13(11)14/h1-2,4-7,11,13H,3,8-9H2,(H,17,19)/b16-14+/t11-,13+/m1/s1. The van der Waals surface area contributed by atoms with Crippen LogP contribution in [0.4, 0.5) is 5.69 Å². The maximum Gasteiger partial charge on any atom is 0.269 e. The van der Waals surface area contributed by atoms with Gasteiger partial charge in [0.1, 0.15) is 0 Å². The van der Waals surface area contributed by atoms with E-state index in [2.05, 4.69) is 22.7 Å². The van der Waals surface area contributed by atoms with E-state index in [1.807, 2.05) is 0 Å². The number of nitrogens with one attached hydrogen (secondary N) is 1. The molecule has 1 aromatic rings. The lowest BCUT2D eigenvalue weighted by Gasteiger charge is -2.31. The highest BCUT2D eigenvalue weighted by Crippen LogP contribution is 2.40. The van der Waals surface area contributed by atoms with Gasteiger partial charge in [-0.15, -0.1) is 0 Å². The van der Waals surface area contributed by atoms with Gasteiger partial charge < -0.3 is 0 Å². The fraction of sp³-hybridized carbons (Fsp3) is 0.333. The zero-order chi connectivity index (χ0) is 14.8. The van der Waals surface area contributed by atoms with Crippen LogP contribution in [0.2, 0.25) is 0 Å². The molecular formula is C15H15N3O3. The van der Waals surface area contributed by atoms with Crippen molar-refractivity contribution < 1.29 is 9.72 Å². The molecule has 3 rings (SSSR count). The van der Waals surface area contributed by atoms with Crippen molar-refractivity contribution in [1.82, 2.24) is 5.43 Å². The number of rotatable bonds is 4. The molecule has 21 heavy (non-hydrogen) atoms. The van der Waals surface area contributed by atoms with Crippen LogP contribution < -0.4 is 5.43 Å². The minimum atomic E-state index is -0.460. The van der Waals surface area contributed by atoms with E-state index < -0.39 is 4.92 Å². The van der Waals surface area contributed by atoms with Crippen LogP contribution in [0.25, 0.3) is 0 Å². The predicted octanol–water partition coefficient (Wildman–Crippen LogP) is 2.21. The summed E-state index contributed by atoms with van der Waals surface area (Å²) in [4.78, 5) is 21.9. The van der Waals surface area contributed by atoms with E-state index in [4.69, 9.17) is 0 Å². The van der Waals surface area contributed by atoms with E-state index in [1.165, 1.54) is 12.1 Å². The van der Waals surface area contributed by atoms with Gasteiger partial charge in [-0.1, -0.05) is 24.3 Å². The number of nitro benzene ring substituents is 1. The molecule has 0 saturated heterocycles. The van der Waals surface area contributed by atoms with Crippen LogP contribution in [-0.2, 0) is 11.2 Å². The normalized spacial score (nSPS) is 24.5. The van der Waals surface area contributed by atoms with Gasteiger partial charge in [-0.2, -0.15) is 5.10 Å². The maximum atomic E-state index is 11.8. The van der Waals surface area contributed by atoms with Crippen molar-refractivity contribution in [2.45, 2.75) is 19.3 Å². The zero-order valence-corrected chi connectivity index (χ0v) is 11.4. The number of non-ortho nitro benzene ring substituents is 1. The number of hydrazone groups is 1. The number of amides is 1. The molecule has 108 valence electrons. The fourth-order valence-corrected chi connectivity index (χ4v) is 2.76. The van der Waals surface area contributed by atoms with Crippen molar-refractivity contribution >= 4 is 17.3 Å². The molecule has 6 nitrogen and oxygen atoms in total. The third-order valence-corrected chi connectivity index (χ3v) is 4.00. The van der Waals surface area contributed by atoms with Crippen molar-refractivity contribution in [2.75, 3.05) is 0 Å². The summed E-state index contributed by atoms with van der Waals surface area (Å²) in [6.45, 7) is 0. The molecule has 1 amide bonds. The average molecular weight is 285 g/mol. The summed E-state index contributed by atoms with van der Waals surface area (Å²) in [6, 6.07) is 5.97. The van der Waals surface area contributed by atoms with Gasteiger partial charge in [-0.05, 0) is 24.3 Å². The van der Waals surface area contributed by atoms with E-state index in [0.717, 1.165) is 24.1 Å². The molecule has 2 aliphatic rings. The van der Waals surface area contributed by atoms with E-state index in [-0.39, 0.29) is 18.0 Å². The zero-order valence-electron chi connectivity index (χ0n) is 11.4. The summed E-state index contributed by atoms with van der Waals surface area (Å²) in [7, 11) is 0. The van der Waals surface area contributed by atoms with Crippen LogP contribution in [0.1, 0.15) is 18.4 Å². The van der Waals surface area contributed by atoms with Gasteiger partial charge in [-0.3, -0.25) is 14.9 Å². The molecule has 0 heterocycles. The molecule has 0 aliphatic heterocycles. The van der Waals surface area contributed by atoms with E-state index >= 15 is 0 Å². The van der Waals surface area contributed by atoms with Gasteiger partial charge in [0, 0.05) is 23.8 Å². The molecule has 0 radical (unpaired) electrons. The summed E-state index contributed by atoms with van der Waals surface area (Å²) >= 11 is 0. The average Bonchev–Trinajstić information content (AvgIpc) is 2.81. The molecule has 1 N–H and O–H groups in total. The Morgan fingerprint density at radius 2 is 2.14 bits per heavy atom. The maximum absolute atomic E-state index is 11.8. The lowest BCUT2D eigenvalue weighted by atomic mass is 9.74. The van der Waals surface area contributed by atoms with Gasteiger partial charge >= 0.3 is 0 Å². The topological polar surface area (TPSA) is 84.6 Å². The Balaban J connectivity index is 1.52. The molecule has 1 fully saturated rings. The van der Waals surface area contributed by atoms with Crippen molar-refractivity contribution in [3.63, 3.8) is 0 Å². The third-order valence-electron chi connectivity index (χ3n) is 4.00. The predicted molar refractivity (Wildman–Crippen MR) is 77.7 cm³/mol. The summed E-state index contributed by atoms with van der Waals surface area (Å²) in [5.41, 5.74) is 4.38. The van der Waals surface area contributed by atoms with Gasteiger partial charge in [0.2, 0.25) is 5.91 Å². The highest BCUT2D eigenvalue weighted by atomic mass is 16.6. The first-order valence-corrected chi connectivity index (χ1v) is 6.89. The van der Waals surface area contributed by atoms with Gasteiger partial charge in [-0.25, -0.2) is 5.43 Å². The van der Waals surface area contributed by atoms with Gasteiger partial charge in [0.15, 0.2) is 0 Å². The number of carbonyl (C=O) groups is 1. The molecule has 2 atom stereocenters. The number of fused-ring (bicyclic) bond motifs is 1. The molecule has 6 heteroatoms. The second-order valence-electron chi connectivity index (χ2n) is 5.38. The number of nitro groups is 1. The number of hydrogen-bond acceptors (Lipinski definition) is 4. The second-order valence-corrected chi connectivity index (χ2v) is 5.38. The lowest BCUT2D eigenvalue weighted by Crippen LogP contribution is -2.35. The monoisotopic (exact) mass is 285 g/mol. The Kier molecular flexibility index (Phi) is 3.51. The number of hydrogen-bond donors (Lipinski definition) is 1. The fourth-order valence-electron chi connectivity index (χ4n) is 2.76. The number of carbonyl (C=O) groups excluding carboxylic acids is 1. The highest BCUT2D eigenvalue weighted by molar-refractivity contribution is 5.95. The van der Waals surface area contributed by atoms with Crippen LogP contribution >= 0.6 is 0 Å². The third kappa shape index (κ3) is 2.84. The van der Waals surface area contributed by atoms with Crippen molar-refractivity contribution in [1.29, 1.82) is 0 Å². The van der Waals surface area contributed by atoms with Gasteiger partial charge in [0.25, 0.3) is 5.69 Å². The molecule has 0 spiro atoms. The number of nitrogens with zero attached hydrogens (tertiary/aromatic N) is 2. The van der Waals surface area contributed by atoms with Crippen molar-refractivity contribution in [3.05, 3.63) is 52.1 Å². The van der Waals surface area contributed by atoms with Crippen molar-refractivity contribution in [2.24, 2.45) is 16.9 Å². The van der Waals surface area contributed by atoms with Crippen LogP contribution in [0.15, 0.2) is 41.5 Å². The van der Waals surface area contributed by atoms with Crippen molar-refractivity contribution in [3.8, 4) is 0 Å². The molecule has 0 bridgehead atoms. The summed E-state index contributed by atoms with van der Waals surface area (Å²) in [5.74, 6) is 0.880. The Bertz CT molecular complexity index is 634. The Labute approximate surface area is 121 Å². The van der Waals surface area contributed by atoms with Crippen LogP contribution in [-0.4, -0.2) is 16.5 Å². The number of allylic oxidation sites excluding steroid dienone is 2. The summed E-state index contributed by atoms with van der Waals surface area (Å²) in [5, 5.41) is 14.7. The molecule has 1 aromatic carbocycles. The summed E-state index contributed by atoms with van der Waals surface area (Å²) in [6.07, 6.45) is 6.49. The molecule has 0 aromatic heterocycles. The molecule has 1 saturated carbocycles. The summed E-state index contributed by atoms with van der Waals surface area (Å²) < 4.78 is 0. The first-order chi connectivity index (χ1) is 10.1. The molecule has 2 aliphatic carbocycles. The first-order valence-electron chi connectivity index (χ1n) is 6.89. The van der Waals surface area contributed by atoms with Crippen LogP contribution in [0.3, 0.4) is 0 Å². The first kappa shape index (κ1) is 13.5. The van der Waals surface area contributed by atoms with Crippen LogP contribution in [0, 0.1) is 22.0 Å². The Hall–Kier alpha value is -2.50. The molecular weight excluding hydrogens is 270 g/mol. The number of benzene rings is 1. The smallest absolute Gasteiger partial charge is 0.269 e. The van der Waals surface area contributed by atoms with E-state index in [0.29, 0.717) is 11.8 Å². The van der Waals surface area contributed by atoms with E-state index in [1.54, 1.807) is 12.1 Å².